The van der Waals surface area contributed by atoms with E-state index in [1.54, 1.807) is 11.3 Å². The molecule has 1 atom stereocenters. The molecule has 4 rings (SSSR count). The number of nitrogens with zero attached hydrogens (tertiary/aromatic N) is 5. The lowest BCUT2D eigenvalue weighted by molar-refractivity contribution is -0.135. The monoisotopic (exact) mass is 331 g/mol. The van der Waals surface area contributed by atoms with Gasteiger partial charge in [-0.15, -0.1) is 11.3 Å². The van der Waals surface area contributed by atoms with Crippen molar-refractivity contribution in [1.29, 1.82) is 0 Å². The number of amides is 1. The summed E-state index contributed by atoms with van der Waals surface area (Å²) in [6.45, 7) is 6.42. The van der Waals surface area contributed by atoms with Crippen LogP contribution in [0.2, 0.25) is 0 Å². The summed E-state index contributed by atoms with van der Waals surface area (Å²) in [5.74, 6) is 0.258. The van der Waals surface area contributed by atoms with Gasteiger partial charge in [-0.2, -0.15) is 5.10 Å². The van der Waals surface area contributed by atoms with Gasteiger partial charge in [-0.3, -0.25) is 14.4 Å². The summed E-state index contributed by atoms with van der Waals surface area (Å²) in [4.78, 5) is 21.2. The fraction of sp³-hybridized carbons (Fsp3) is 0.562. The average molecular weight is 331 g/mol. The number of carbonyl (C=O) groups is 1. The highest BCUT2D eigenvalue weighted by atomic mass is 32.1. The Morgan fingerprint density at radius 1 is 1.43 bits per heavy atom. The van der Waals surface area contributed by atoms with Gasteiger partial charge in [0.05, 0.1) is 28.9 Å². The van der Waals surface area contributed by atoms with Crippen molar-refractivity contribution in [1.82, 2.24) is 24.6 Å². The van der Waals surface area contributed by atoms with Crippen molar-refractivity contribution in [2.24, 2.45) is 0 Å². The number of hydrogen-bond acceptors (Lipinski definition) is 5. The van der Waals surface area contributed by atoms with Gasteiger partial charge in [0.2, 0.25) is 5.91 Å². The lowest BCUT2D eigenvalue weighted by Crippen LogP contribution is -2.45. The quantitative estimate of drug-likeness (QED) is 0.858. The summed E-state index contributed by atoms with van der Waals surface area (Å²) in [6.07, 6.45) is 3.52. The van der Waals surface area contributed by atoms with E-state index in [-0.39, 0.29) is 11.9 Å². The van der Waals surface area contributed by atoms with E-state index in [1.807, 2.05) is 22.7 Å². The largest absolute Gasteiger partial charge is 0.342 e. The van der Waals surface area contributed by atoms with Crippen LogP contribution in [0.15, 0.2) is 17.6 Å². The SMILES string of the molecule is Cc1nc(CN2Cc3ccnn3C(CC(=O)N3CCC3)C2)cs1. The molecule has 0 bridgehead atoms. The number of rotatable bonds is 4. The Bertz CT molecular complexity index is 705. The highest BCUT2D eigenvalue weighted by Gasteiger charge is 2.30. The molecule has 0 N–H and O–H groups in total. The second-order valence-electron chi connectivity index (χ2n) is 6.39. The molecule has 122 valence electrons. The molecule has 2 aromatic heterocycles. The van der Waals surface area contributed by atoms with Crippen molar-refractivity contribution in [3.63, 3.8) is 0 Å². The number of aromatic nitrogens is 3. The maximum Gasteiger partial charge on any atom is 0.224 e. The Hall–Kier alpha value is -1.73. The normalized spacial score (nSPS) is 21.1. The molecule has 0 aliphatic carbocycles. The van der Waals surface area contributed by atoms with E-state index in [4.69, 9.17) is 0 Å². The maximum absolute atomic E-state index is 12.3. The van der Waals surface area contributed by atoms with Crippen LogP contribution < -0.4 is 0 Å². The molecular formula is C16H21N5OS. The first-order chi connectivity index (χ1) is 11.2. The Morgan fingerprint density at radius 2 is 2.30 bits per heavy atom. The molecule has 1 unspecified atom stereocenters. The summed E-state index contributed by atoms with van der Waals surface area (Å²) < 4.78 is 2.04. The second kappa shape index (κ2) is 6.05. The van der Waals surface area contributed by atoms with Crippen LogP contribution >= 0.6 is 11.3 Å². The molecule has 1 saturated heterocycles. The Morgan fingerprint density at radius 3 is 3.00 bits per heavy atom. The second-order valence-corrected chi connectivity index (χ2v) is 7.45. The molecule has 6 nitrogen and oxygen atoms in total. The zero-order chi connectivity index (χ0) is 15.8. The zero-order valence-corrected chi connectivity index (χ0v) is 14.1. The fourth-order valence-corrected chi connectivity index (χ4v) is 3.95. The fourth-order valence-electron chi connectivity index (χ4n) is 3.34. The van der Waals surface area contributed by atoms with E-state index in [9.17, 15) is 4.79 Å². The van der Waals surface area contributed by atoms with Crippen LogP contribution in [0.1, 0.15) is 35.3 Å². The van der Waals surface area contributed by atoms with Gasteiger partial charge in [-0.05, 0) is 19.4 Å². The summed E-state index contributed by atoms with van der Waals surface area (Å²) in [5.41, 5.74) is 2.30. The summed E-state index contributed by atoms with van der Waals surface area (Å²) in [5, 5.41) is 7.68. The minimum atomic E-state index is 0.126. The first kappa shape index (κ1) is 14.8. The Kier molecular flexibility index (Phi) is 3.90. The van der Waals surface area contributed by atoms with Gasteiger partial charge in [0.25, 0.3) is 0 Å². The molecule has 23 heavy (non-hydrogen) atoms. The summed E-state index contributed by atoms with van der Waals surface area (Å²) in [6, 6.07) is 2.18. The van der Waals surface area contributed by atoms with Crippen LogP contribution in [0.4, 0.5) is 0 Å². The van der Waals surface area contributed by atoms with Gasteiger partial charge >= 0.3 is 0 Å². The number of fused-ring (bicyclic) bond motifs is 1. The number of thiazole rings is 1. The number of aryl methyl sites for hydroxylation is 1. The molecule has 0 spiro atoms. The Balaban J connectivity index is 1.48. The van der Waals surface area contributed by atoms with Gasteiger partial charge in [-0.25, -0.2) is 4.98 Å². The lowest BCUT2D eigenvalue weighted by atomic mass is 10.1. The van der Waals surface area contributed by atoms with Crippen molar-refractivity contribution in [3.05, 3.63) is 34.0 Å². The lowest BCUT2D eigenvalue weighted by Gasteiger charge is -2.36. The van der Waals surface area contributed by atoms with Crippen molar-refractivity contribution < 1.29 is 4.79 Å². The van der Waals surface area contributed by atoms with Crippen LogP contribution in [0.25, 0.3) is 0 Å². The third-order valence-corrected chi connectivity index (χ3v) is 5.45. The van der Waals surface area contributed by atoms with E-state index >= 15 is 0 Å². The molecule has 4 heterocycles. The smallest absolute Gasteiger partial charge is 0.224 e. The zero-order valence-electron chi connectivity index (χ0n) is 13.3. The van der Waals surface area contributed by atoms with Gasteiger partial charge < -0.3 is 4.90 Å². The van der Waals surface area contributed by atoms with Crippen molar-refractivity contribution in [2.75, 3.05) is 19.6 Å². The summed E-state index contributed by atoms with van der Waals surface area (Å²) >= 11 is 1.69. The molecule has 0 saturated carbocycles. The number of likely N-dealkylation sites (tertiary alicyclic amines) is 1. The van der Waals surface area contributed by atoms with Crippen LogP contribution in [0.5, 0.6) is 0 Å². The van der Waals surface area contributed by atoms with E-state index < -0.39 is 0 Å². The van der Waals surface area contributed by atoms with Crippen molar-refractivity contribution in [3.8, 4) is 0 Å². The predicted octanol–water partition coefficient (Wildman–Crippen LogP) is 1.83. The van der Waals surface area contributed by atoms with Crippen LogP contribution in [0, 0.1) is 6.92 Å². The Labute approximate surface area is 139 Å². The average Bonchev–Trinajstić information content (AvgIpc) is 3.06. The van der Waals surface area contributed by atoms with Gasteiger partial charge in [0, 0.05) is 44.3 Å². The molecule has 2 aliphatic rings. The molecule has 0 aromatic carbocycles. The highest BCUT2D eigenvalue weighted by Crippen LogP contribution is 2.26. The minimum Gasteiger partial charge on any atom is -0.342 e. The van der Waals surface area contributed by atoms with Crippen LogP contribution in [-0.4, -0.2) is 50.1 Å². The molecule has 1 fully saturated rings. The minimum absolute atomic E-state index is 0.126. The van der Waals surface area contributed by atoms with E-state index in [0.29, 0.717) is 6.42 Å². The van der Waals surface area contributed by atoms with Gasteiger partial charge in [0.1, 0.15) is 0 Å². The molecule has 7 heteroatoms. The van der Waals surface area contributed by atoms with Crippen molar-refractivity contribution in [2.45, 2.75) is 38.9 Å². The maximum atomic E-state index is 12.3. The molecule has 0 radical (unpaired) electrons. The molecule has 2 aromatic rings. The predicted molar refractivity (Wildman–Crippen MR) is 88.0 cm³/mol. The van der Waals surface area contributed by atoms with Gasteiger partial charge in [0.15, 0.2) is 0 Å². The van der Waals surface area contributed by atoms with Crippen molar-refractivity contribution >= 4 is 17.2 Å². The first-order valence-corrected chi connectivity index (χ1v) is 9.00. The van der Waals surface area contributed by atoms with Crippen LogP contribution in [0.3, 0.4) is 0 Å². The van der Waals surface area contributed by atoms with Crippen LogP contribution in [-0.2, 0) is 17.9 Å². The third kappa shape index (κ3) is 3.03. The van der Waals surface area contributed by atoms with E-state index in [1.165, 1.54) is 5.69 Å². The third-order valence-electron chi connectivity index (χ3n) is 4.62. The number of carbonyl (C=O) groups excluding carboxylic acids is 1. The molecular weight excluding hydrogens is 310 g/mol. The van der Waals surface area contributed by atoms with E-state index in [0.717, 1.165) is 49.8 Å². The van der Waals surface area contributed by atoms with E-state index in [2.05, 4.69) is 26.4 Å². The molecule has 1 amide bonds. The first-order valence-electron chi connectivity index (χ1n) is 8.12. The highest BCUT2D eigenvalue weighted by molar-refractivity contribution is 7.09. The topological polar surface area (TPSA) is 54.3 Å². The van der Waals surface area contributed by atoms with Gasteiger partial charge in [-0.1, -0.05) is 0 Å². The summed E-state index contributed by atoms with van der Waals surface area (Å²) in [7, 11) is 0. The number of hydrogen-bond donors (Lipinski definition) is 0. The molecule has 2 aliphatic heterocycles. The standard InChI is InChI=1S/C16H21N5OS/c1-12-18-13(11-23-12)8-19-9-14-3-4-17-21(14)15(10-19)7-16(22)20-5-2-6-20/h3-4,11,15H,2,5-10H2,1H3.